The second-order valence-electron chi connectivity index (χ2n) is 3.23. The summed E-state index contributed by atoms with van der Waals surface area (Å²) in [4.78, 5) is 3.11. The van der Waals surface area contributed by atoms with Crippen molar-refractivity contribution in [1.29, 1.82) is 0 Å². The Kier molecular flexibility index (Phi) is 2.71. The van der Waals surface area contributed by atoms with E-state index in [0.717, 1.165) is 16.8 Å². The first kappa shape index (κ1) is 9.36. The van der Waals surface area contributed by atoms with E-state index in [4.69, 9.17) is 6.42 Å². The van der Waals surface area contributed by atoms with Gasteiger partial charge in [0.1, 0.15) is 0 Å². The van der Waals surface area contributed by atoms with Gasteiger partial charge in [0, 0.05) is 17.5 Å². The lowest BCUT2D eigenvalue weighted by Gasteiger charge is -1.93. The van der Waals surface area contributed by atoms with Crippen LogP contribution in [0.15, 0.2) is 42.6 Å². The van der Waals surface area contributed by atoms with Crippen LogP contribution in [0.25, 0.3) is 12.2 Å². The van der Waals surface area contributed by atoms with Crippen LogP contribution in [0, 0.1) is 12.3 Å². The van der Waals surface area contributed by atoms with Gasteiger partial charge in [-0.2, -0.15) is 0 Å². The van der Waals surface area contributed by atoms with Crippen molar-refractivity contribution in [2.75, 3.05) is 0 Å². The predicted octanol–water partition coefficient (Wildman–Crippen LogP) is 3.17. The normalized spacial score (nSPS) is 10.3. The van der Waals surface area contributed by atoms with Gasteiger partial charge in [0.15, 0.2) is 0 Å². The van der Waals surface area contributed by atoms with Gasteiger partial charge in [-0.3, -0.25) is 0 Å². The highest BCUT2D eigenvalue weighted by Crippen LogP contribution is 2.07. The van der Waals surface area contributed by atoms with Gasteiger partial charge >= 0.3 is 0 Å². The molecule has 0 radical (unpaired) electrons. The van der Waals surface area contributed by atoms with Crippen molar-refractivity contribution in [3.63, 3.8) is 0 Å². The van der Waals surface area contributed by atoms with E-state index in [-0.39, 0.29) is 0 Å². The zero-order chi connectivity index (χ0) is 10.5. The lowest BCUT2D eigenvalue weighted by Crippen LogP contribution is -1.75. The minimum absolute atomic E-state index is 0.909. The fraction of sp³-hybridized carbons (Fsp3) is 0. The maximum Gasteiger partial charge on any atom is 0.0380 e. The number of aromatic amines is 1. The number of terminal acetylenes is 1. The topological polar surface area (TPSA) is 15.8 Å². The lowest BCUT2D eigenvalue weighted by molar-refractivity contribution is 1.38. The van der Waals surface area contributed by atoms with Crippen LogP contribution < -0.4 is 0 Å². The summed E-state index contributed by atoms with van der Waals surface area (Å²) in [7, 11) is 0. The Hall–Kier alpha value is -2.20. The Bertz CT molecular complexity index is 481. The molecule has 0 spiro atoms. The van der Waals surface area contributed by atoms with Gasteiger partial charge in [-0.15, -0.1) is 6.42 Å². The fourth-order valence-corrected chi connectivity index (χ4v) is 1.32. The minimum atomic E-state index is 0.909. The zero-order valence-electron chi connectivity index (χ0n) is 8.27. The van der Waals surface area contributed by atoms with Gasteiger partial charge in [0.05, 0.1) is 0 Å². The number of hydrogen-bond donors (Lipinski definition) is 1. The van der Waals surface area contributed by atoms with Crippen LogP contribution in [0.5, 0.6) is 0 Å². The van der Waals surface area contributed by atoms with Crippen molar-refractivity contribution in [3.05, 3.63) is 59.4 Å². The number of hydrogen-bond acceptors (Lipinski definition) is 0. The Labute approximate surface area is 89.5 Å². The van der Waals surface area contributed by atoms with Gasteiger partial charge in [0.25, 0.3) is 0 Å². The third-order valence-electron chi connectivity index (χ3n) is 2.15. The molecule has 1 nitrogen and oxygen atoms in total. The van der Waals surface area contributed by atoms with E-state index in [2.05, 4.69) is 10.9 Å². The van der Waals surface area contributed by atoms with Gasteiger partial charge < -0.3 is 4.98 Å². The molecule has 0 atom stereocenters. The molecule has 1 heteroatoms. The van der Waals surface area contributed by atoms with Crippen molar-refractivity contribution in [2.45, 2.75) is 0 Å². The van der Waals surface area contributed by atoms with Crippen LogP contribution in [0.4, 0.5) is 0 Å². The van der Waals surface area contributed by atoms with E-state index in [9.17, 15) is 0 Å². The van der Waals surface area contributed by atoms with Crippen LogP contribution in [0.2, 0.25) is 0 Å². The molecule has 0 aliphatic rings. The maximum atomic E-state index is 5.28. The largest absolute Gasteiger partial charge is 0.362 e. The van der Waals surface area contributed by atoms with Gasteiger partial charge in [-0.05, 0) is 35.9 Å². The summed E-state index contributed by atoms with van der Waals surface area (Å²) in [5.74, 6) is 2.59. The molecule has 1 aromatic carbocycles. The molecule has 2 rings (SSSR count). The van der Waals surface area contributed by atoms with Gasteiger partial charge in [-0.1, -0.05) is 24.1 Å². The highest BCUT2D eigenvalue weighted by Gasteiger charge is 1.88. The molecule has 0 aliphatic heterocycles. The molecule has 0 unspecified atom stereocenters. The molecule has 0 fully saturated rings. The van der Waals surface area contributed by atoms with Gasteiger partial charge in [0.2, 0.25) is 0 Å². The predicted molar refractivity (Wildman–Crippen MR) is 64.1 cm³/mol. The van der Waals surface area contributed by atoms with Crippen molar-refractivity contribution < 1.29 is 0 Å². The average molecular weight is 193 g/mol. The average Bonchev–Trinajstić information content (AvgIpc) is 2.80. The highest BCUT2D eigenvalue weighted by molar-refractivity contribution is 5.68. The zero-order valence-corrected chi connectivity index (χ0v) is 8.27. The molecule has 0 aliphatic carbocycles. The summed E-state index contributed by atoms with van der Waals surface area (Å²) in [6, 6.07) is 11.9. The Morgan fingerprint density at radius 3 is 2.47 bits per heavy atom. The third-order valence-corrected chi connectivity index (χ3v) is 2.15. The van der Waals surface area contributed by atoms with Crippen molar-refractivity contribution in [2.24, 2.45) is 0 Å². The Morgan fingerprint density at radius 1 is 1.07 bits per heavy atom. The van der Waals surface area contributed by atoms with Crippen LogP contribution in [-0.2, 0) is 0 Å². The standard InChI is InChI=1S/C14H11N/c1-2-12-5-7-13(8-6-12)9-10-14-4-3-11-15-14/h1,3-11,15H. The second kappa shape index (κ2) is 4.34. The fourth-order valence-electron chi connectivity index (χ4n) is 1.32. The van der Waals surface area contributed by atoms with E-state index in [0.29, 0.717) is 0 Å². The molecule has 0 bridgehead atoms. The third kappa shape index (κ3) is 2.38. The second-order valence-corrected chi connectivity index (χ2v) is 3.23. The molecule has 1 heterocycles. The van der Waals surface area contributed by atoms with Crippen LogP contribution in [-0.4, -0.2) is 4.98 Å². The number of aromatic nitrogens is 1. The van der Waals surface area contributed by atoms with Crippen LogP contribution in [0.1, 0.15) is 16.8 Å². The van der Waals surface area contributed by atoms with Crippen LogP contribution >= 0.6 is 0 Å². The molecule has 2 aromatic rings. The lowest BCUT2D eigenvalue weighted by atomic mass is 10.1. The number of rotatable bonds is 2. The summed E-state index contributed by atoms with van der Waals surface area (Å²) >= 11 is 0. The molecular weight excluding hydrogens is 182 g/mol. The van der Waals surface area contributed by atoms with Crippen molar-refractivity contribution in [3.8, 4) is 12.3 Å². The van der Waals surface area contributed by atoms with E-state index in [1.807, 2.05) is 54.7 Å². The smallest absolute Gasteiger partial charge is 0.0380 e. The summed E-state index contributed by atoms with van der Waals surface area (Å²) in [5.41, 5.74) is 3.15. The Morgan fingerprint density at radius 2 is 1.87 bits per heavy atom. The molecule has 0 saturated carbocycles. The molecule has 15 heavy (non-hydrogen) atoms. The van der Waals surface area contributed by atoms with Crippen molar-refractivity contribution >= 4 is 12.2 Å². The molecular formula is C14H11N. The quantitative estimate of drug-likeness (QED) is 0.705. The van der Waals surface area contributed by atoms with E-state index in [1.54, 1.807) is 0 Å². The molecule has 72 valence electrons. The molecule has 0 amide bonds. The summed E-state index contributed by atoms with van der Waals surface area (Å²) in [5, 5.41) is 0. The summed E-state index contributed by atoms with van der Waals surface area (Å²) in [6.45, 7) is 0. The first-order chi connectivity index (χ1) is 7.38. The maximum absolute atomic E-state index is 5.28. The molecule has 1 N–H and O–H groups in total. The molecule has 1 aromatic heterocycles. The number of benzene rings is 1. The first-order valence-electron chi connectivity index (χ1n) is 4.76. The number of H-pyrrole nitrogens is 1. The highest BCUT2D eigenvalue weighted by atomic mass is 14.7. The van der Waals surface area contributed by atoms with E-state index < -0.39 is 0 Å². The van der Waals surface area contributed by atoms with Crippen LogP contribution in [0.3, 0.4) is 0 Å². The molecule has 0 saturated heterocycles. The first-order valence-corrected chi connectivity index (χ1v) is 4.76. The van der Waals surface area contributed by atoms with E-state index >= 15 is 0 Å². The van der Waals surface area contributed by atoms with E-state index in [1.165, 1.54) is 0 Å². The minimum Gasteiger partial charge on any atom is -0.362 e. The SMILES string of the molecule is C#Cc1ccc(C=Cc2ccc[nH]2)cc1. The number of nitrogens with one attached hydrogen (secondary N) is 1. The summed E-state index contributed by atoms with van der Waals surface area (Å²) in [6.07, 6.45) is 11.3. The van der Waals surface area contributed by atoms with Crippen molar-refractivity contribution in [1.82, 2.24) is 4.98 Å². The summed E-state index contributed by atoms with van der Waals surface area (Å²) < 4.78 is 0. The Balaban J connectivity index is 2.15. The van der Waals surface area contributed by atoms with Gasteiger partial charge in [-0.25, -0.2) is 0 Å². The monoisotopic (exact) mass is 193 g/mol.